The first-order valence-corrected chi connectivity index (χ1v) is 13.1. The smallest absolute Gasteiger partial charge is 0.363 e. The quantitative estimate of drug-likeness (QED) is 0.333. The lowest BCUT2D eigenvalue weighted by molar-refractivity contribution is -0.713. The lowest BCUT2D eigenvalue weighted by atomic mass is 9.94. The molecule has 1 heterocycles. The van der Waals surface area contributed by atoms with Crippen LogP contribution in [0.4, 0.5) is 10.8 Å². The molecular weight excluding hydrogens is 494 g/mol. The van der Waals surface area contributed by atoms with Crippen molar-refractivity contribution in [3.8, 4) is 45.1 Å². The van der Waals surface area contributed by atoms with Crippen LogP contribution in [0.25, 0.3) is 10.6 Å². The molecule has 0 aliphatic heterocycles. The molecule has 10 heteroatoms. The lowest BCUT2D eigenvalue weighted by Gasteiger charge is -2.29. The highest BCUT2D eigenvalue weighted by Gasteiger charge is 2.36. The Morgan fingerprint density at radius 1 is 0.730 bits per heavy atom. The second-order valence-corrected chi connectivity index (χ2v) is 9.73. The molecule has 2 aromatic carbocycles. The van der Waals surface area contributed by atoms with Gasteiger partial charge in [-0.05, 0) is 49.2 Å². The first-order chi connectivity index (χ1) is 18.0. The second-order valence-electron chi connectivity index (χ2n) is 8.77. The molecule has 0 saturated heterocycles. The van der Waals surface area contributed by atoms with Crippen molar-refractivity contribution >= 4 is 22.2 Å². The fraction of sp³-hybridized carbons (Fsp3) is 0.481. The Hall–Kier alpha value is -3.40. The summed E-state index contributed by atoms with van der Waals surface area (Å²) in [4.78, 5) is 2.36. The summed E-state index contributed by atoms with van der Waals surface area (Å²) >= 11 is 1.61. The van der Waals surface area contributed by atoms with E-state index in [1.807, 2.05) is 36.0 Å². The van der Waals surface area contributed by atoms with Crippen LogP contribution in [0, 0.1) is 0 Å². The highest BCUT2D eigenvalue weighted by molar-refractivity contribution is 7.18. The first kappa shape index (κ1) is 26.7. The van der Waals surface area contributed by atoms with Crippen LogP contribution in [0.2, 0.25) is 0 Å². The van der Waals surface area contributed by atoms with Gasteiger partial charge in [-0.1, -0.05) is 11.5 Å². The molecule has 1 aliphatic carbocycles. The van der Waals surface area contributed by atoms with E-state index in [1.165, 1.54) is 19.3 Å². The van der Waals surface area contributed by atoms with Gasteiger partial charge >= 0.3 is 5.13 Å². The van der Waals surface area contributed by atoms with Crippen LogP contribution < -0.4 is 38.0 Å². The minimum atomic E-state index is 0.316. The van der Waals surface area contributed by atoms with Gasteiger partial charge in [-0.15, -0.1) is 4.68 Å². The number of aromatic nitrogens is 2. The third-order valence-corrected chi connectivity index (χ3v) is 7.85. The number of rotatable bonds is 10. The average Bonchev–Trinajstić information content (AvgIpc) is 3.32. The fourth-order valence-corrected chi connectivity index (χ4v) is 6.00. The molecule has 0 bridgehead atoms. The molecule has 1 fully saturated rings. The number of nitrogens with zero attached hydrogens (tertiary/aromatic N) is 3. The van der Waals surface area contributed by atoms with Crippen LogP contribution in [0.5, 0.6) is 34.5 Å². The molecule has 0 spiro atoms. The van der Waals surface area contributed by atoms with Crippen LogP contribution in [0.15, 0.2) is 24.3 Å². The first-order valence-electron chi connectivity index (χ1n) is 12.3. The standard InChI is InChI=1S/C27H36N3O6S/c1-29-27(37-26(28-29)17-13-20(31-2)24(35-6)21(14-17)32-3)30(18-11-9-8-10-12-18)19-15-22(33-4)25(36-7)23(16-19)34-5/h13-16,18H,8-12H2,1-7H3/q+1. The van der Waals surface area contributed by atoms with E-state index in [2.05, 4.69) is 4.90 Å². The van der Waals surface area contributed by atoms with E-state index in [0.29, 0.717) is 40.5 Å². The van der Waals surface area contributed by atoms with Gasteiger partial charge in [-0.25, -0.2) is 4.90 Å². The topological polar surface area (TPSA) is 75.4 Å². The maximum atomic E-state index is 5.68. The van der Waals surface area contributed by atoms with E-state index >= 15 is 0 Å². The summed E-state index contributed by atoms with van der Waals surface area (Å²) in [5.74, 6) is 3.54. The second kappa shape index (κ2) is 11.8. The molecule has 0 N–H and O–H groups in total. The molecule has 0 amide bonds. The van der Waals surface area contributed by atoms with Crippen LogP contribution in [-0.4, -0.2) is 53.8 Å². The van der Waals surface area contributed by atoms with Gasteiger partial charge in [0.2, 0.25) is 11.5 Å². The normalized spacial score (nSPS) is 13.7. The molecule has 1 aromatic heterocycles. The van der Waals surface area contributed by atoms with E-state index in [9.17, 15) is 0 Å². The van der Waals surface area contributed by atoms with E-state index in [0.717, 1.165) is 34.2 Å². The summed E-state index contributed by atoms with van der Waals surface area (Å²) in [6.45, 7) is 0. The zero-order valence-electron chi connectivity index (χ0n) is 22.6. The predicted octanol–water partition coefficient (Wildman–Crippen LogP) is 5.16. The zero-order valence-corrected chi connectivity index (χ0v) is 23.4. The van der Waals surface area contributed by atoms with Crippen molar-refractivity contribution in [3.63, 3.8) is 0 Å². The maximum Gasteiger partial charge on any atom is 0.363 e. The van der Waals surface area contributed by atoms with Crippen molar-refractivity contribution in [2.75, 3.05) is 47.6 Å². The minimum absolute atomic E-state index is 0.316. The Kier molecular flexibility index (Phi) is 8.48. The molecule has 0 radical (unpaired) electrons. The Balaban J connectivity index is 1.86. The largest absolute Gasteiger partial charge is 0.493 e. The molecule has 1 aliphatic rings. The van der Waals surface area contributed by atoms with Gasteiger partial charge < -0.3 is 28.4 Å². The summed E-state index contributed by atoms with van der Waals surface area (Å²) in [6, 6.07) is 8.18. The Labute approximate surface area is 222 Å². The Morgan fingerprint density at radius 3 is 1.68 bits per heavy atom. The Bertz CT molecular complexity index is 1170. The van der Waals surface area contributed by atoms with E-state index in [1.54, 1.807) is 54.0 Å². The summed E-state index contributed by atoms with van der Waals surface area (Å²) in [7, 11) is 11.7. The molecule has 3 aromatic rings. The third-order valence-electron chi connectivity index (χ3n) is 6.69. The van der Waals surface area contributed by atoms with Crippen molar-refractivity contribution in [3.05, 3.63) is 24.3 Å². The molecule has 0 atom stereocenters. The number of ether oxygens (including phenoxy) is 6. The number of benzene rings is 2. The van der Waals surface area contributed by atoms with Crippen LogP contribution in [0.1, 0.15) is 32.1 Å². The van der Waals surface area contributed by atoms with Gasteiger partial charge in [-0.3, -0.25) is 0 Å². The molecule has 0 unspecified atom stereocenters. The summed E-state index contributed by atoms with van der Waals surface area (Å²) in [6.07, 6.45) is 5.81. The zero-order chi connectivity index (χ0) is 26.5. The van der Waals surface area contributed by atoms with E-state index in [4.69, 9.17) is 33.5 Å². The van der Waals surface area contributed by atoms with Crippen molar-refractivity contribution in [2.45, 2.75) is 38.1 Å². The van der Waals surface area contributed by atoms with Gasteiger partial charge in [-0.2, -0.15) is 0 Å². The fourth-order valence-electron chi connectivity index (χ4n) is 4.90. The Morgan fingerprint density at radius 2 is 1.22 bits per heavy atom. The predicted molar refractivity (Wildman–Crippen MR) is 143 cm³/mol. The van der Waals surface area contributed by atoms with E-state index < -0.39 is 0 Å². The average molecular weight is 531 g/mol. The van der Waals surface area contributed by atoms with Crippen molar-refractivity contribution in [1.82, 2.24) is 5.10 Å². The molecular formula is C27H36N3O6S+. The maximum absolute atomic E-state index is 5.68. The van der Waals surface area contributed by atoms with E-state index in [-0.39, 0.29) is 0 Å². The van der Waals surface area contributed by atoms with Crippen LogP contribution in [-0.2, 0) is 7.05 Å². The summed E-state index contributed by atoms with van der Waals surface area (Å²) in [5.41, 5.74) is 1.85. The highest BCUT2D eigenvalue weighted by Crippen LogP contribution is 2.46. The van der Waals surface area contributed by atoms with Crippen molar-refractivity contribution < 1.29 is 33.1 Å². The van der Waals surface area contributed by atoms with Gasteiger partial charge in [0.15, 0.2) is 28.0 Å². The van der Waals surface area contributed by atoms with Crippen molar-refractivity contribution in [2.24, 2.45) is 7.05 Å². The van der Waals surface area contributed by atoms with Crippen LogP contribution in [0.3, 0.4) is 0 Å². The summed E-state index contributed by atoms with van der Waals surface area (Å²) < 4.78 is 35.5. The number of hydrogen-bond acceptors (Lipinski definition) is 9. The van der Waals surface area contributed by atoms with Gasteiger partial charge in [0, 0.05) is 17.7 Å². The highest BCUT2D eigenvalue weighted by atomic mass is 32.1. The molecule has 4 rings (SSSR count). The number of anilines is 2. The molecule has 200 valence electrons. The molecule has 1 saturated carbocycles. The number of hydrogen-bond donors (Lipinski definition) is 0. The van der Waals surface area contributed by atoms with Gasteiger partial charge in [0.05, 0.1) is 42.7 Å². The molecule has 9 nitrogen and oxygen atoms in total. The van der Waals surface area contributed by atoms with Crippen molar-refractivity contribution in [1.29, 1.82) is 0 Å². The number of aryl methyl sites for hydroxylation is 1. The minimum Gasteiger partial charge on any atom is -0.493 e. The third kappa shape index (κ3) is 5.20. The monoisotopic (exact) mass is 530 g/mol. The van der Waals surface area contributed by atoms with Gasteiger partial charge in [0.1, 0.15) is 18.8 Å². The molecule has 37 heavy (non-hydrogen) atoms. The lowest BCUT2D eigenvalue weighted by Crippen LogP contribution is -2.42. The van der Waals surface area contributed by atoms with Gasteiger partial charge in [0.25, 0.3) is 0 Å². The van der Waals surface area contributed by atoms with Crippen LogP contribution >= 0.6 is 11.3 Å². The summed E-state index contributed by atoms with van der Waals surface area (Å²) in [5, 5.41) is 6.74. The SMILES string of the molecule is COc1cc(-c2n[n+](C)c(N(c3cc(OC)c(OC)c(OC)c3)C3CCCCC3)s2)cc(OC)c1OC. The number of methoxy groups -OCH3 is 6.